The van der Waals surface area contributed by atoms with Crippen molar-refractivity contribution in [1.82, 2.24) is 0 Å². The zero-order chi connectivity index (χ0) is 16.3. The normalized spacial score (nSPS) is 12.0. The predicted octanol–water partition coefficient (Wildman–Crippen LogP) is 4.28. The van der Waals surface area contributed by atoms with Crippen molar-refractivity contribution in [3.8, 4) is 5.75 Å². The lowest BCUT2D eigenvalue weighted by atomic mass is 10.1. The molecule has 0 saturated heterocycles. The van der Waals surface area contributed by atoms with Crippen LogP contribution in [0, 0.1) is 0 Å². The number of aliphatic carboxylic acids is 1. The van der Waals surface area contributed by atoms with Gasteiger partial charge >= 0.3 is 5.97 Å². The molecule has 0 amide bonds. The first kappa shape index (κ1) is 16.8. The van der Waals surface area contributed by atoms with Gasteiger partial charge in [0.25, 0.3) is 0 Å². The average molecular weight is 432 g/mol. The zero-order valence-electron chi connectivity index (χ0n) is 11.5. The van der Waals surface area contributed by atoms with Crippen LogP contribution in [0.2, 0.25) is 0 Å². The van der Waals surface area contributed by atoms with Gasteiger partial charge in [0.15, 0.2) is 11.9 Å². The Morgan fingerprint density at radius 3 is 2.41 bits per heavy atom. The standard InChI is InChI=1S/C15H12Br2O5/c1-2-11(15(19)20)22-14-9(16)6-8(7-10(14)17)13(18)12-4-3-5-21-12/h3-7,11H,2H2,1H3,(H,19,20). The molecule has 116 valence electrons. The first-order valence-corrected chi connectivity index (χ1v) is 7.99. The predicted molar refractivity (Wildman–Crippen MR) is 86.3 cm³/mol. The minimum absolute atomic E-state index is 0.226. The van der Waals surface area contributed by atoms with Gasteiger partial charge in [-0.25, -0.2) is 4.79 Å². The van der Waals surface area contributed by atoms with Crippen LogP contribution in [0.1, 0.15) is 29.5 Å². The molecule has 0 aliphatic carbocycles. The number of carbonyl (C=O) groups excluding carboxylic acids is 1. The molecule has 5 nitrogen and oxygen atoms in total. The third-order valence-corrected chi connectivity index (χ3v) is 4.09. The van der Waals surface area contributed by atoms with Crippen molar-refractivity contribution in [2.75, 3.05) is 0 Å². The smallest absolute Gasteiger partial charge is 0.344 e. The van der Waals surface area contributed by atoms with Gasteiger partial charge in [0.1, 0.15) is 5.75 Å². The lowest BCUT2D eigenvalue weighted by Gasteiger charge is -2.16. The van der Waals surface area contributed by atoms with E-state index in [0.29, 0.717) is 26.7 Å². The number of carboxylic acid groups (broad SMARTS) is 1. The summed E-state index contributed by atoms with van der Waals surface area (Å²) in [6.07, 6.45) is 0.786. The molecule has 1 unspecified atom stereocenters. The molecule has 7 heteroatoms. The van der Waals surface area contributed by atoms with Gasteiger partial charge in [0.05, 0.1) is 15.2 Å². The summed E-state index contributed by atoms with van der Waals surface area (Å²) < 4.78 is 11.5. The van der Waals surface area contributed by atoms with Gasteiger partial charge in [-0.1, -0.05) is 6.92 Å². The van der Waals surface area contributed by atoms with Crippen LogP contribution in [-0.2, 0) is 4.79 Å². The molecular formula is C15H12Br2O5. The topological polar surface area (TPSA) is 76.7 Å². The summed E-state index contributed by atoms with van der Waals surface area (Å²) in [7, 11) is 0. The van der Waals surface area contributed by atoms with Crippen LogP contribution in [0.15, 0.2) is 43.9 Å². The third kappa shape index (κ3) is 3.59. The number of halogens is 2. The van der Waals surface area contributed by atoms with E-state index in [1.165, 1.54) is 6.26 Å². The Bertz CT molecular complexity index is 671. The van der Waals surface area contributed by atoms with Crippen LogP contribution in [-0.4, -0.2) is 23.0 Å². The molecule has 22 heavy (non-hydrogen) atoms. The number of carboxylic acids is 1. The second-order valence-electron chi connectivity index (χ2n) is 4.43. The molecule has 1 aromatic heterocycles. The van der Waals surface area contributed by atoms with Crippen molar-refractivity contribution in [2.24, 2.45) is 0 Å². The van der Waals surface area contributed by atoms with Crippen LogP contribution >= 0.6 is 31.9 Å². The maximum absolute atomic E-state index is 12.2. The summed E-state index contributed by atoms with van der Waals surface area (Å²) in [5.41, 5.74) is 0.393. The molecule has 2 rings (SSSR count). The fourth-order valence-electron chi connectivity index (χ4n) is 1.80. The van der Waals surface area contributed by atoms with E-state index in [9.17, 15) is 9.59 Å². The summed E-state index contributed by atoms with van der Waals surface area (Å²) in [5, 5.41) is 9.06. The van der Waals surface area contributed by atoms with E-state index in [2.05, 4.69) is 31.9 Å². The number of benzene rings is 1. The summed E-state index contributed by atoms with van der Waals surface area (Å²) in [5.74, 6) is -0.755. The average Bonchev–Trinajstić information content (AvgIpc) is 2.99. The van der Waals surface area contributed by atoms with Gasteiger partial charge in [0, 0.05) is 5.56 Å². The van der Waals surface area contributed by atoms with E-state index in [0.717, 1.165) is 0 Å². The van der Waals surface area contributed by atoms with Crippen molar-refractivity contribution in [2.45, 2.75) is 19.4 Å². The minimum atomic E-state index is -1.04. The Balaban J connectivity index is 2.33. The highest BCUT2D eigenvalue weighted by molar-refractivity contribution is 9.11. The van der Waals surface area contributed by atoms with Crippen LogP contribution in [0.3, 0.4) is 0 Å². The van der Waals surface area contributed by atoms with Gasteiger partial charge < -0.3 is 14.3 Å². The minimum Gasteiger partial charge on any atom is -0.479 e. The van der Waals surface area contributed by atoms with E-state index < -0.39 is 12.1 Å². The molecule has 0 fully saturated rings. The van der Waals surface area contributed by atoms with Crippen molar-refractivity contribution in [3.05, 3.63) is 50.8 Å². The number of rotatable bonds is 6. The first-order chi connectivity index (χ1) is 10.4. The highest BCUT2D eigenvalue weighted by atomic mass is 79.9. The van der Waals surface area contributed by atoms with Crippen LogP contribution < -0.4 is 4.74 Å². The Kier molecular flexibility index (Phi) is 5.42. The van der Waals surface area contributed by atoms with Crippen molar-refractivity contribution >= 4 is 43.6 Å². The Labute approximate surface area is 143 Å². The second kappa shape index (κ2) is 7.11. The molecule has 0 aliphatic heterocycles. The summed E-state index contributed by atoms with van der Waals surface area (Å²) in [6, 6.07) is 6.35. The summed E-state index contributed by atoms with van der Waals surface area (Å²) in [6.45, 7) is 1.72. The number of hydrogen-bond acceptors (Lipinski definition) is 4. The fraction of sp³-hybridized carbons (Fsp3) is 0.200. The van der Waals surface area contributed by atoms with Gasteiger partial charge in [-0.15, -0.1) is 0 Å². The highest BCUT2D eigenvalue weighted by Crippen LogP contribution is 2.36. The quantitative estimate of drug-likeness (QED) is 0.690. The molecule has 1 atom stereocenters. The Hall–Kier alpha value is -1.60. The number of ketones is 1. The fourth-order valence-corrected chi connectivity index (χ4v) is 3.18. The van der Waals surface area contributed by atoms with E-state index in [-0.39, 0.29) is 11.5 Å². The largest absolute Gasteiger partial charge is 0.479 e. The third-order valence-electron chi connectivity index (χ3n) is 2.91. The number of furan rings is 1. The lowest BCUT2D eigenvalue weighted by molar-refractivity contribution is -0.145. The zero-order valence-corrected chi connectivity index (χ0v) is 14.7. The molecule has 0 saturated carbocycles. The SMILES string of the molecule is CCC(Oc1c(Br)cc(C(=O)c2ccco2)cc1Br)C(=O)O. The molecule has 1 N–H and O–H groups in total. The molecule has 2 aromatic rings. The molecule has 1 aromatic carbocycles. The lowest BCUT2D eigenvalue weighted by Crippen LogP contribution is -2.26. The molecule has 0 spiro atoms. The van der Waals surface area contributed by atoms with Gasteiger partial charge in [-0.05, 0) is 62.5 Å². The molecule has 0 bridgehead atoms. The summed E-state index contributed by atoms with van der Waals surface area (Å²) >= 11 is 6.61. The van der Waals surface area contributed by atoms with E-state index >= 15 is 0 Å². The maximum Gasteiger partial charge on any atom is 0.344 e. The Morgan fingerprint density at radius 1 is 1.32 bits per heavy atom. The van der Waals surface area contributed by atoms with E-state index in [1.807, 2.05) is 0 Å². The van der Waals surface area contributed by atoms with Gasteiger partial charge in [0.2, 0.25) is 5.78 Å². The number of ether oxygens (including phenoxy) is 1. The van der Waals surface area contributed by atoms with Crippen LogP contribution in [0.25, 0.3) is 0 Å². The number of carbonyl (C=O) groups is 2. The first-order valence-electron chi connectivity index (χ1n) is 6.40. The molecular weight excluding hydrogens is 420 g/mol. The van der Waals surface area contributed by atoms with E-state index in [4.69, 9.17) is 14.3 Å². The van der Waals surface area contributed by atoms with Crippen LogP contribution in [0.4, 0.5) is 0 Å². The maximum atomic E-state index is 12.2. The van der Waals surface area contributed by atoms with Crippen molar-refractivity contribution < 1.29 is 23.8 Å². The van der Waals surface area contributed by atoms with Crippen LogP contribution in [0.5, 0.6) is 5.75 Å². The molecule has 0 aliphatic rings. The summed E-state index contributed by atoms with van der Waals surface area (Å²) in [4.78, 5) is 23.3. The van der Waals surface area contributed by atoms with E-state index in [1.54, 1.807) is 31.2 Å². The molecule has 0 radical (unpaired) electrons. The monoisotopic (exact) mass is 430 g/mol. The van der Waals surface area contributed by atoms with Gasteiger partial charge in [-0.3, -0.25) is 4.79 Å². The highest BCUT2D eigenvalue weighted by Gasteiger charge is 2.22. The number of hydrogen-bond donors (Lipinski definition) is 1. The second-order valence-corrected chi connectivity index (χ2v) is 6.14. The van der Waals surface area contributed by atoms with Crippen molar-refractivity contribution in [1.29, 1.82) is 0 Å². The molecule has 1 heterocycles. The van der Waals surface area contributed by atoms with Gasteiger partial charge in [-0.2, -0.15) is 0 Å². The Morgan fingerprint density at radius 2 is 1.95 bits per heavy atom. The van der Waals surface area contributed by atoms with Crippen molar-refractivity contribution in [3.63, 3.8) is 0 Å².